The number of rotatable bonds is 2. The van der Waals surface area contributed by atoms with Crippen molar-refractivity contribution in [2.75, 3.05) is 11.6 Å². The number of hydrogen-bond donors (Lipinski definition) is 1. The molecular formula is C10H10N2O2. The maximum Gasteiger partial charge on any atom is 0.313 e. The molecule has 1 aliphatic heterocycles. The maximum atomic E-state index is 10.7. The Bertz CT molecular complexity index is 362. The smallest absolute Gasteiger partial charge is 0.313 e. The van der Waals surface area contributed by atoms with Crippen LogP contribution in [0.25, 0.3) is 0 Å². The van der Waals surface area contributed by atoms with Gasteiger partial charge in [-0.2, -0.15) is 5.10 Å². The summed E-state index contributed by atoms with van der Waals surface area (Å²) in [4.78, 5) is 10.7. The fraction of sp³-hybridized carbons (Fsp3) is 0.200. The van der Waals surface area contributed by atoms with Crippen LogP contribution in [0.5, 0.6) is 0 Å². The quantitative estimate of drug-likeness (QED) is 0.762. The number of carbonyl (C=O) groups is 1. The predicted molar refractivity (Wildman–Crippen MR) is 53.4 cm³/mol. The molecule has 1 aromatic rings. The van der Waals surface area contributed by atoms with Crippen LogP contribution < -0.4 is 5.01 Å². The van der Waals surface area contributed by atoms with Crippen LogP contribution in [0.2, 0.25) is 0 Å². The summed E-state index contributed by atoms with van der Waals surface area (Å²) in [6.45, 7) is 0.416. The second-order valence-corrected chi connectivity index (χ2v) is 3.13. The van der Waals surface area contributed by atoms with Crippen LogP contribution in [-0.2, 0) is 4.79 Å². The zero-order valence-electron chi connectivity index (χ0n) is 7.50. The number of aliphatic carboxylic acids is 1. The summed E-state index contributed by atoms with van der Waals surface area (Å²) < 4.78 is 0. The largest absolute Gasteiger partial charge is 0.481 e. The van der Waals surface area contributed by atoms with E-state index in [0.29, 0.717) is 6.54 Å². The van der Waals surface area contributed by atoms with E-state index in [2.05, 4.69) is 5.10 Å². The number of hydrogen-bond acceptors (Lipinski definition) is 3. The van der Waals surface area contributed by atoms with Gasteiger partial charge in [0.1, 0.15) is 5.92 Å². The third-order valence-corrected chi connectivity index (χ3v) is 2.13. The number of anilines is 1. The first-order valence-corrected chi connectivity index (χ1v) is 4.37. The van der Waals surface area contributed by atoms with Crippen LogP contribution >= 0.6 is 0 Å². The Morgan fingerprint density at radius 2 is 2.14 bits per heavy atom. The first kappa shape index (κ1) is 8.74. The third-order valence-electron chi connectivity index (χ3n) is 2.13. The van der Waals surface area contributed by atoms with Gasteiger partial charge < -0.3 is 5.11 Å². The lowest BCUT2D eigenvalue weighted by Crippen LogP contribution is -2.23. The Kier molecular flexibility index (Phi) is 2.18. The van der Waals surface area contributed by atoms with Gasteiger partial charge in [0.2, 0.25) is 0 Å². The van der Waals surface area contributed by atoms with Gasteiger partial charge in [-0.05, 0) is 12.1 Å². The molecule has 14 heavy (non-hydrogen) atoms. The van der Waals surface area contributed by atoms with Crippen LogP contribution in [0, 0.1) is 5.92 Å². The van der Waals surface area contributed by atoms with E-state index in [4.69, 9.17) is 5.11 Å². The molecule has 0 radical (unpaired) electrons. The molecule has 0 amide bonds. The number of nitrogens with zero attached hydrogens (tertiary/aromatic N) is 2. The first-order valence-electron chi connectivity index (χ1n) is 4.37. The fourth-order valence-corrected chi connectivity index (χ4v) is 1.36. The molecule has 1 N–H and O–H groups in total. The van der Waals surface area contributed by atoms with E-state index >= 15 is 0 Å². The number of carboxylic acid groups (broad SMARTS) is 1. The molecule has 0 fully saturated rings. The fourth-order valence-electron chi connectivity index (χ4n) is 1.36. The highest BCUT2D eigenvalue weighted by Crippen LogP contribution is 2.18. The monoisotopic (exact) mass is 190 g/mol. The van der Waals surface area contributed by atoms with Gasteiger partial charge in [-0.3, -0.25) is 9.80 Å². The third kappa shape index (κ3) is 1.59. The average Bonchev–Trinajstić information content (AvgIpc) is 2.68. The summed E-state index contributed by atoms with van der Waals surface area (Å²) in [6.07, 6.45) is 1.47. The molecule has 2 rings (SSSR count). The van der Waals surface area contributed by atoms with Gasteiger partial charge in [-0.25, -0.2) is 0 Å². The zero-order chi connectivity index (χ0) is 9.97. The molecule has 4 nitrogen and oxygen atoms in total. The van der Waals surface area contributed by atoms with Crippen LogP contribution in [0.1, 0.15) is 0 Å². The lowest BCUT2D eigenvalue weighted by Gasteiger charge is -2.14. The number of benzene rings is 1. The summed E-state index contributed by atoms with van der Waals surface area (Å²) in [6, 6.07) is 9.53. The molecule has 1 heterocycles. The molecule has 72 valence electrons. The Balaban J connectivity index is 2.11. The van der Waals surface area contributed by atoms with Crippen molar-refractivity contribution in [2.24, 2.45) is 11.0 Å². The number of hydrazone groups is 1. The lowest BCUT2D eigenvalue weighted by atomic mass is 10.2. The minimum atomic E-state index is -0.827. The average molecular weight is 190 g/mol. The molecule has 1 aromatic carbocycles. The van der Waals surface area contributed by atoms with Gasteiger partial charge >= 0.3 is 5.97 Å². The van der Waals surface area contributed by atoms with Gasteiger partial charge in [-0.1, -0.05) is 18.2 Å². The van der Waals surface area contributed by atoms with Crippen LogP contribution in [0.3, 0.4) is 0 Å². The van der Waals surface area contributed by atoms with Crippen molar-refractivity contribution in [3.8, 4) is 0 Å². The molecule has 0 saturated carbocycles. The number of carboxylic acids is 1. The van der Waals surface area contributed by atoms with Crippen molar-refractivity contribution < 1.29 is 9.90 Å². The van der Waals surface area contributed by atoms with E-state index in [1.54, 1.807) is 5.01 Å². The summed E-state index contributed by atoms with van der Waals surface area (Å²) in [7, 11) is 0. The highest BCUT2D eigenvalue weighted by Gasteiger charge is 2.24. The Morgan fingerprint density at radius 1 is 1.43 bits per heavy atom. The van der Waals surface area contributed by atoms with Crippen LogP contribution in [0.4, 0.5) is 5.69 Å². The van der Waals surface area contributed by atoms with Gasteiger partial charge in [-0.15, -0.1) is 0 Å². The highest BCUT2D eigenvalue weighted by atomic mass is 16.4. The van der Waals surface area contributed by atoms with Crippen molar-refractivity contribution in [3.63, 3.8) is 0 Å². The van der Waals surface area contributed by atoms with Crippen molar-refractivity contribution in [1.29, 1.82) is 0 Å². The van der Waals surface area contributed by atoms with Crippen molar-refractivity contribution in [1.82, 2.24) is 0 Å². The predicted octanol–water partition coefficient (Wildman–Crippen LogP) is 1.19. The van der Waals surface area contributed by atoms with E-state index in [1.165, 1.54) is 6.21 Å². The van der Waals surface area contributed by atoms with Crippen molar-refractivity contribution in [3.05, 3.63) is 30.3 Å². The lowest BCUT2D eigenvalue weighted by molar-refractivity contribution is -0.138. The SMILES string of the molecule is O=C(O)C1C=NN(c2ccccc2)C1. The molecule has 1 aliphatic rings. The van der Waals surface area contributed by atoms with Gasteiger partial charge in [0.25, 0.3) is 0 Å². The Morgan fingerprint density at radius 3 is 2.71 bits per heavy atom. The van der Waals surface area contributed by atoms with E-state index in [-0.39, 0.29) is 0 Å². The van der Waals surface area contributed by atoms with Crippen LogP contribution in [0.15, 0.2) is 35.4 Å². The van der Waals surface area contributed by atoms with Crippen LogP contribution in [-0.4, -0.2) is 23.8 Å². The summed E-state index contributed by atoms with van der Waals surface area (Å²) >= 11 is 0. The minimum absolute atomic E-state index is 0.416. The first-order chi connectivity index (χ1) is 6.77. The van der Waals surface area contributed by atoms with Gasteiger partial charge in [0, 0.05) is 6.21 Å². The molecular weight excluding hydrogens is 180 g/mol. The van der Waals surface area contributed by atoms with Crippen molar-refractivity contribution in [2.45, 2.75) is 0 Å². The normalized spacial score (nSPS) is 20.0. The minimum Gasteiger partial charge on any atom is -0.481 e. The standard InChI is InChI=1S/C10H10N2O2/c13-10(14)8-6-11-12(7-8)9-4-2-1-3-5-9/h1-6,8H,7H2,(H,13,14). The summed E-state index contributed by atoms with van der Waals surface area (Å²) in [5, 5.41) is 14.5. The summed E-state index contributed by atoms with van der Waals surface area (Å²) in [5.41, 5.74) is 0.924. The maximum absolute atomic E-state index is 10.7. The topological polar surface area (TPSA) is 52.9 Å². The summed E-state index contributed by atoms with van der Waals surface area (Å²) in [5.74, 6) is -1.32. The van der Waals surface area contributed by atoms with Crippen molar-refractivity contribution >= 4 is 17.9 Å². The van der Waals surface area contributed by atoms with Gasteiger partial charge in [0.15, 0.2) is 0 Å². The molecule has 0 saturated heterocycles. The van der Waals surface area contributed by atoms with E-state index < -0.39 is 11.9 Å². The molecule has 0 bridgehead atoms. The van der Waals surface area contributed by atoms with E-state index in [0.717, 1.165) is 5.69 Å². The Labute approximate surface area is 81.5 Å². The number of para-hydroxylation sites is 1. The second kappa shape index (κ2) is 3.49. The molecule has 0 spiro atoms. The molecule has 0 aliphatic carbocycles. The van der Waals surface area contributed by atoms with E-state index in [1.807, 2.05) is 30.3 Å². The molecule has 1 unspecified atom stereocenters. The van der Waals surface area contributed by atoms with E-state index in [9.17, 15) is 4.79 Å². The zero-order valence-corrected chi connectivity index (χ0v) is 7.50. The Hall–Kier alpha value is -1.84. The molecule has 4 heteroatoms. The second-order valence-electron chi connectivity index (χ2n) is 3.13. The van der Waals surface area contributed by atoms with Gasteiger partial charge in [0.05, 0.1) is 12.2 Å². The highest BCUT2D eigenvalue weighted by molar-refractivity contribution is 5.91. The molecule has 0 aromatic heterocycles. The molecule has 1 atom stereocenters.